The van der Waals surface area contributed by atoms with Crippen LogP contribution in [0.15, 0.2) is 12.2 Å². The van der Waals surface area contributed by atoms with E-state index >= 15 is 0 Å². The van der Waals surface area contributed by atoms with Crippen LogP contribution in [0.4, 0.5) is 0 Å². The first kappa shape index (κ1) is 13.0. The number of hydrogen-bond donors (Lipinski definition) is 3. The predicted octanol–water partition coefficient (Wildman–Crippen LogP) is 0.604. The summed E-state index contributed by atoms with van der Waals surface area (Å²) in [6, 6.07) is 0. The van der Waals surface area contributed by atoms with Gasteiger partial charge in [0, 0.05) is 11.8 Å². The zero-order valence-corrected chi connectivity index (χ0v) is 10.7. The van der Waals surface area contributed by atoms with Crippen LogP contribution in [-0.4, -0.2) is 45.3 Å². The van der Waals surface area contributed by atoms with Crippen LogP contribution in [0.25, 0.3) is 0 Å². The molecule has 1 aliphatic carbocycles. The summed E-state index contributed by atoms with van der Waals surface area (Å²) < 4.78 is 5.74. The molecule has 4 heteroatoms. The van der Waals surface area contributed by atoms with Crippen LogP contribution >= 0.6 is 0 Å². The normalized spacial score (nSPS) is 52.0. The van der Waals surface area contributed by atoms with Crippen molar-refractivity contribution in [3.63, 3.8) is 0 Å². The Balaban J connectivity index is 2.39. The van der Waals surface area contributed by atoms with Crippen molar-refractivity contribution in [3.8, 4) is 0 Å². The lowest BCUT2D eigenvalue weighted by Gasteiger charge is -2.49. The van der Waals surface area contributed by atoms with Crippen molar-refractivity contribution >= 4 is 0 Å². The van der Waals surface area contributed by atoms with Gasteiger partial charge >= 0.3 is 0 Å². The van der Waals surface area contributed by atoms with Crippen LogP contribution in [0.5, 0.6) is 0 Å². The number of aliphatic hydroxyl groups is 3. The first-order valence-electron chi connectivity index (χ1n) is 6.14. The maximum Gasteiger partial charge on any atom is 0.119 e. The average Bonchev–Trinajstić information content (AvgIpc) is 2.33. The van der Waals surface area contributed by atoms with Crippen LogP contribution in [0, 0.1) is 5.41 Å². The summed E-state index contributed by atoms with van der Waals surface area (Å²) in [5, 5.41) is 30.1. The number of hydrogen-bond acceptors (Lipinski definition) is 4. The molecule has 0 unspecified atom stereocenters. The summed E-state index contributed by atoms with van der Waals surface area (Å²) in [4.78, 5) is 0. The molecule has 98 valence electrons. The Hall–Kier alpha value is -0.420. The molecule has 2 fully saturated rings. The van der Waals surface area contributed by atoms with Gasteiger partial charge in [0.05, 0.1) is 18.8 Å². The SMILES string of the molecule is C[C@@H](O)/C=C/[C@]1(O)[C@@]2(C)CO[C@]1(C)C[C@@H](O)C2. The highest BCUT2D eigenvalue weighted by atomic mass is 16.5. The molecule has 0 amide bonds. The smallest absolute Gasteiger partial charge is 0.119 e. The summed E-state index contributed by atoms with van der Waals surface area (Å²) in [6.07, 6.45) is 3.14. The molecule has 4 nitrogen and oxygen atoms in total. The molecule has 0 aromatic rings. The molecule has 1 heterocycles. The van der Waals surface area contributed by atoms with Crippen molar-refractivity contribution in [1.82, 2.24) is 0 Å². The minimum Gasteiger partial charge on any atom is -0.393 e. The highest BCUT2D eigenvalue weighted by Gasteiger charge is 2.67. The van der Waals surface area contributed by atoms with E-state index in [1.54, 1.807) is 19.1 Å². The highest BCUT2D eigenvalue weighted by molar-refractivity contribution is 5.26. The van der Waals surface area contributed by atoms with Crippen LogP contribution in [-0.2, 0) is 4.74 Å². The van der Waals surface area contributed by atoms with E-state index < -0.39 is 28.8 Å². The molecule has 2 rings (SSSR count). The minimum atomic E-state index is -1.13. The van der Waals surface area contributed by atoms with Crippen molar-refractivity contribution in [2.24, 2.45) is 5.41 Å². The minimum absolute atomic E-state index is 0.420. The van der Waals surface area contributed by atoms with Gasteiger partial charge in [-0.3, -0.25) is 0 Å². The number of rotatable bonds is 2. The van der Waals surface area contributed by atoms with E-state index in [0.29, 0.717) is 19.4 Å². The van der Waals surface area contributed by atoms with Crippen LogP contribution in [0.1, 0.15) is 33.6 Å². The van der Waals surface area contributed by atoms with Crippen molar-refractivity contribution < 1.29 is 20.1 Å². The van der Waals surface area contributed by atoms with Gasteiger partial charge in [0.2, 0.25) is 0 Å². The molecule has 1 saturated heterocycles. The summed E-state index contributed by atoms with van der Waals surface area (Å²) >= 11 is 0. The molecule has 0 radical (unpaired) electrons. The van der Waals surface area contributed by atoms with Gasteiger partial charge in [-0.15, -0.1) is 0 Å². The molecule has 5 atom stereocenters. The first-order chi connectivity index (χ1) is 7.72. The lowest BCUT2D eigenvalue weighted by atomic mass is 9.59. The Kier molecular flexibility index (Phi) is 2.90. The van der Waals surface area contributed by atoms with Gasteiger partial charge in [-0.05, 0) is 20.3 Å². The van der Waals surface area contributed by atoms with Crippen molar-refractivity contribution in [2.75, 3.05) is 6.61 Å². The van der Waals surface area contributed by atoms with Gasteiger partial charge in [-0.2, -0.15) is 0 Å². The fraction of sp³-hybridized carbons (Fsp3) is 0.846. The lowest BCUT2D eigenvalue weighted by Crippen LogP contribution is -2.61. The summed E-state index contributed by atoms with van der Waals surface area (Å²) in [7, 11) is 0. The second kappa shape index (κ2) is 3.79. The maximum absolute atomic E-state index is 10.9. The molecular formula is C13H22O4. The van der Waals surface area contributed by atoms with E-state index in [9.17, 15) is 15.3 Å². The molecule has 0 spiro atoms. The van der Waals surface area contributed by atoms with Crippen molar-refractivity contribution in [2.45, 2.75) is 57.0 Å². The van der Waals surface area contributed by atoms with E-state index in [2.05, 4.69) is 0 Å². The largest absolute Gasteiger partial charge is 0.393 e. The van der Waals surface area contributed by atoms with Crippen LogP contribution in [0.3, 0.4) is 0 Å². The summed E-state index contributed by atoms with van der Waals surface area (Å²) in [6.45, 7) is 5.83. The third-order valence-corrected chi connectivity index (χ3v) is 4.36. The molecule has 1 saturated carbocycles. The second-order valence-electron chi connectivity index (χ2n) is 6.01. The molecule has 0 aromatic carbocycles. The van der Waals surface area contributed by atoms with Gasteiger partial charge in [0.15, 0.2) is 0 Å². The summed E-state index contributed by atoms with van der Waals surface area (Å²) in [5.41, 5.74) is -2.40. The zero-order valence-electron chi connectivity index (χ0n) is 10.7. The van der Waals surface area contributed by atoms with Crippen molar-refractivity contribution in [1.29, 1.82) is 0 Å². The number of fused-ring (bicyclic) bond motifs is 2. The molecule has 17 heavy (non-hydrogen) atoms. The Morgan fingerprint density at radius 2 is 2.00 bits per heavy atom. The third kappa shape index (κ3) is 1.74. The fourth-order valence-corrected chi connectivity index (χ4v) is 3.30. The Bertz CT molecular complexity index is 318. The van der Waals surface area contributed by atoms with Crippen LogP contribution in [0.2, 0.25) is 0 Å². The quantitative estimate of drug-likeness (QED) is 0.620. The third-order valence-electron chi connectivity index (χ3n) is 4.36. The van der Waals surface area contributed by atoms with Crippen LogP contribution < -0.4 is 0 Å². The van der Waals surface area contributed by atoms with Gasteiger partial charge < -0.3 is 20.1 Å². The number of aliphatic hydroxyl groups excluding tert-OH is 2. The molecule has 2 aliphatic rings. The van der Waals surface area contributed by atoms with E-state index in [1.165, 1.54) is 0 Å². The van der Waals surface area contributed by atoms with E-state index in [4.69, 9.17) is 4.74 Å². The lowest BCUT2D eigenvalue weighted by molar-refractivity contribution is -0.150. The molecule has 3 N–H and O–H groups in total. The molecule has 1 aliphatic heterocycles. The van der Waals surface area contributed by atoms with Gasteiger partial charge in [0.1, 0.15) is 11.2 Å². The standard InChI is InChI=1S/C13H22O4/c1-9(14)4-5-13(16)11(2)6-10(15)7-12(13,3)17-8-11/h4-5,9-10,14-16H,6-8H2,1-3H3/b5-4+/t9-,10+,11-,12-,13+/m1/s1. The van der Waals surface area contributed by atoms with E-state index in [0.717, 1.165) is 0 Å². The fourth-order valence-electron chi connectivity index (χ4n) is 3.30. The molecular weight excluding hydrogens is 220 g/mol. The number of ether oxygens (including phenoxy) is 1. The van der Waals surface area contributed by atoms with E-state index in [-0.39, 0.29) is 0 Å². The predicted molar refractivity (Wildman–Crippen MR) is 63.5 cm³/mol. The first-order valence-corrected chi connectivity index (χ1v) is 6.14. The second-order valence-corrected chi connectivity index (χ2v) is 6.01. The highest BCUT2D eigenvalue weighted by Crippen LogP contribution is 2.57. The Morgan fingerprint density at radius 3 is 2.53 bits per heavy atom. The topological polar surface area (TPSA) is 69.9 Å². The Morgan fingerprint density at radius 1 is 1.35 bits per heavy atom. The monoisotopic (exact) mass is 242 g/mol. The maximum atomic E-state index is 10.9. The average molecular weight is 242 g/mol. The summed E-state index contributed by atoms with van der Waals surface area (Å²) in [5.74, 6) is 0. The van der Waals surface area contributed by atoms with E-state index in [1.807, 2.05) is 13.8 Å². The molecule has 2 bridgehead atoms. The van der Waals surface area contributed by atoms with Crippen molar-refractivity contribution in [3.05, 3.63) is 12.2 Å². The Labute approximate surface area is 102 Å². The zero-order chi connectivity index (χ0) is 12.9. The molecule has 0 aromatic heterocycles. The van der Waals surface area contributed by atoms with Gasteiger partial charge in [-0.1, -0.05) is 19.1 Å². The van der Waals surface area contributed by atoms with Gasteiger partial charge in [0.25, 0.3) is 0 Å². The van der Waals surface area contributed by atoms with Gasteiger partial charge in [-0.25, -0.2) is 0 Å².